The van der Waals surface area contributed by atoms with Crippen LogP contribution in [0.25, 0.3) is 16.6 Å². The largest absolute Gasteiger partial charge is 0.416 e. The number of alkyl halides is 3. The van der Waals surface area contributed by atoms with Crippen LogP contribution < -0.4 is 10.9 Å². The molecule has 30 heavy (non-hydrogen) atoms. The number of nitrogens with one attached hydrogen (secondary N) is 1. The fourth-order valence-corrected chi connectivity index (χ4v) is 3.52. The van der Waals surface area contributed by atoms with Crippen molar-refractivity contribution in [2.45, 2.75) is 26.1 Å². The number of para-hydroxylation sites is 1. The Hall–Kier alpha value is -3.62. The summed E-state index contributed by atoms with van der Waals surface area (Å²) in [5.41, 5.74) is 0.474. The molecule has 1 atom stereocenters. The van der Waals surface area contributed by atoms with Crippen LogP contribution in [0.1, 0.15) is 24.2 Å². The number of carbonyl (C=O) groups excluding carboxylic acids is 1. The smallest absolute Gasteiger partial charge is 0.324 e. The van der Waals surface area contributed by atoms with Crippen molar-refractivity contribution in [2.24, 2.45) is 0 Å². The number of hydrogen-bond donors (Lipinski definition) is 1. The van der Waals surface area contributed by atoms with Crippen molar-refractivity contribution in [1.29, 1.82) is 0 Å². The Kier molecular flexibility index (Phi) is 4.60. The Labute approximate surface area is 168 Å². The highest BCUT2D eigenvalue weighted by atomic mass is 19.4. The average Bonchev–Trinajstić information content (AvgIpc) is 3.01. The monoisotopic (exact) mass is 414 g/mol. The maximum Gasteiger partial charge on any atom is 0.416 e. The number of fused-ring (bicyclic) bond motifs is 3. The van der Waals surface area contributed by atoms with Gasteiger partial charge in [-0.05, 0) is 44.2 Å². The molecule has 1 unspecified atom stereocenters. The molecule has 0 bridgehead atoms. The number of hydrogen-bond acceptors (Lipinski definition) is 3. The SMILES string of the molecule is Cc1cc(=O)nc2c3ccccc3n(C(C)C(=O)Nc3cccc(C(F)(F)F)c3)n12. The van der Waals surface area contributed by atoms with Crippen LogP contribution in [0.5, 0.6) is 0 Å². The van der Waals surface area contributed by atoms with E-state index < -0.39 is 29.2 Å². The molecule has 4 aromatic rings. The molecule has 0 aliphatic heterocycles. The summed E-state index contributed by atoms with van der Waals surface area (Å²) < 4.78 is 42.2. The zero-order valence-corrected chi connectivity index (χ0v) is 16.1. The topological polar surface area (TPSA) is 68.4 Å². The van der Waals surface area contributed by atoms with Gasteiger partial charge in [0.15, 0.2) is 5.65 Å². The van der Waals surface area contributed by atoms with E-state index in [1.807, 2.05) is 0 Å². The summed E-state index contributed by atoms with van der Waals surface area (Å²) in [5.74, 6) is -0.505. The van der Waals surface area contributed by atoms with Crippen molar-refractivity contribution < 1.29 is 18.0 Å². The van der Waals surface area contributed by atoms with E-state index in [4.69, 9.17) is 0 Å². The van der Waals surface area contributed by atoms with Gasteiger partial charge in [0, 0.05) is 22.8 Å². The van der Waals surface area contributed by atoms with Gasteiger partial charge >= 0.3 is 6.18 Å². The Morgan fingerprint density at radius 3 is 2.57 bits per heavy atom. The highest BCUT2D eigenvalue weighted by Crippen LogP contribution is 2.31. The van der Waals surface area contributed by atoms with E-state index in [2.05, 4.69) is 10.3 Å². The molecule has 6 nitrogen and oxygen atoms in total. The molecule has 0 saturated heterocycles. The van der Waals surface area contributed by atoms with Crippen molar-refractivity contribution in [3.8, 4) is 0 Å². The van der Waals surface area contributed by atoms with Crippen LogP contribution in [0.3, 0.4) is 0 Å². The van der Waals surface area contributed by atoms with E-state index in [1.54, 1.807) is 47.3 Å². The summed E-state index contributed by atoms with van der Waals surface area (Å²) in [6.07, 6.45) is -4.51. The first-order valence-electron chi connectivity index (χ1n) is 9.14. The molecule has 0 aliphatic rings. The summed E-state index contributed by atoms with van der Waals surface area (Å²) in [6, 6.07) is 12.2. The summed E-state index contributed by atoms with van der Waals surface area (Å²) in [4.78, 5) is 28.9. The molecule has 2 aromatic carbocycles. The van der Waals surface area contributed by atoms with Crippen LogP contribution in [0.2, 0.25) is 0 Å². The van der Waals surface area contributed by atoms with Gasteiger partial charge in [0.1, 0.15) is 6.04 Å². The second kappa shape index (κ2) is 7.01. The first-order valence-corrected chi connectivity index (χ1v) is 9.14. The third kappa shape index (κ3) is 3.32. The van der Waals surface area contributed by atoms with Gasteiger partial charge in [-0.15, -0.1) is 0 Å². The minimum absolute atomic E-state index is 0.0455. The lowest BCUT2D eigenvalue weighted by atomic mass is 10.2. The van der Waals surface area contributed by atoms with E-state index in [0.29, 0.717) is 22.2 Å². The van der Waals surface area contributed by atoms with Gasteiger partial charge in [-0.25, -0.2) is 4.52 Å². The Balaban J connectivity index is 1.79. The van der Waals surface area contributed by atoms with Crippen molar-refractivity contribution in [1.82, 2.24) is 14.2 Å². The van der Waals surface area contributed by atoms with Crippen molar-refractivity contribution >= 4 is 28.1 Å². The fourth-order valence-electron chi connectivity index (χ4n) is 3.52. The molecular weight excluding hydrogens is 397 g/mol. The zero-order valence-electron chi connectivity index (χ0n) is 16.1. The van der Waals surface area contributed by atoms with Crippen LogP contribution in [0.4, 0.5) is 18.9 Å². The second-order valence-electron chi connectivity index (χ2n) is 6.98. The van der Waals surface area contributed by atoms with Crippen LogP contribution in [0.15, 0.2) is 59.4 Å². The summed E-state index contributed by atoms with van der Waals surface area (Å²) in [6.45, 7) is 3.36. The molecule has 0 radical (unpaired) electrons. The molecule has 9 heteroatoms. The van der Waals surface area contributed by atoms with Gasteiger partial charge in [-0.1, -0.05) is 18.2 Å². The first kappa shape index (κ1) is 19.7. The van der Waals surface area contributed by atoms with E-state index in [9.17, 15) is 22.8 Å². The number of aromatic nitrogens is 3. The summed E-state index contributed by atoms with van der Waals surface area (Å²) in [7, 11) is 0. The molecule has 0 fully saturated rings. The van der Waals surface area contributed by atoms with Crippen LogP contribution in [-0.2, 0) is 11.0 Å². The number of rotatable bonds is 3. The summed E-state index contributed by atoms with van der Waals surface area (Å²) in [5, 5.41) is 3.24. The van der Waals surface area contributed by atoms with Gasteiger partial charge in [0.2, 0.25) is 5.91 Å². The molecule has 0 saturated carbocycles. The molecular formula is C21H17F3N4O2. The number of benzene rings is 2. The second-order valence-corrected chi connectivity index (χ2v) is 6.98. The maximum atomic E-state index is 13.0. The standard InChI is InChI=1S/C21H17F3N4O2/c1-12-10-18(29)26-19-16-8-3-4-9-17(16)28(27(12)19)13(2)20(30)25-15-7-5-6-14(11-15)21(22,23)24/h3-11,13H,1-2H3,(H,25,30). The lowest BCUT2D eigenvalue weighted by Crippen LogP contribution is -2.27. The molecule has 1 N–H and O–H groups in total. The van der Waals surface area contributed by atoms with Crippen molar-refractivity contribution in [2.75, 3.05) is 5.32 Å². The van der Waals surface area contributed by atoms with Crippen LogP contribution in [-0.4, -0.2) is 20.1 Å². The van der Waals surface area contributed by atoms with E-state index in [-0.39, 0.29) is 5.69 Å². The zero-order chi connectivity index (χ0) is 21.6. The Bertz CT molecular complexity index is 1340. The quantitative estimate of drug-likeness (QED) is 0.547. The number of halogens is 3. The Morgan fingerprint density at radius 2 is 1.83 bits per heavy atom. The lowest BCUT2D eigenvalue weighted by Gasteiger charge is -2.18. The summed E-state index contributed by atoms with van der Waals surface area (Å²) >= 11 is 0. The van der Waals surface area contributed by atoms with Gasteiger partial charge in [-0.3, -0.25) is 14.3 Å². The number of aryl methyl sites for hydroxylation is 1. The third-order valence-electron chi connectivity index (χ3n) is 4.89. The van der Waals surface area contributed by atoms with E-state index >= 15 is 0 Å². The van der Waals surface area contributed by atoms with Crippen molar-refractivity contribution in [3.63, 3.8) is 0 Å². The molecule has 2 heterocycles. The third-order valence-corrected chi connectivity index (χ3v) is 4.89. The predicted molar refractivity (Wildman–Crippen MR) is 106 cm³/mol. The molecule has 154 valence electrons. The normalized spacial score (nSPS) is 13.0. The number of nitrogens with zero attached hydrogens (tertiary/aromatic N) is 3. The van der Waals surface area contributed by atoms with Gasteiger partial charge in [0.05, 0.1) is 11.1 Å². The molecule has 2 aromatic heterocycles. The highest BCUT2D eigenvalue weighted by molar-refractivity contribution is 5.97. The van der Waals surface area contributed by atoms with Crippen LogP contribution in [0, 0.1) is 6.92 Å². The average molecular weight is 414 g/mol. The molecule has 4 rings (SSSR count). The van der Waals surface area contributed by atoms with Gasteiger partial charge in [0.25, 0.3) is 5.56 Å². The number of carbonyl (C=O) groups is 1. The van der Waals surface area contributed by atoms with Crippen LogP contribution >= 0.6 is 0 Å². The first-order chi connectivity index (χ1) is 14.2. The molecule has 0 spiro atoms. The lowest BCUT2D eigenvalue weighted by molar-refractivity contribution is -0.137. The fraction of sp³-hybridized carbons (Fsp3) is 0.190. The van der Waals surface area contributed by atoms with Crippen molar-refractivity contribution in [3.05, 3.63) is 76.2 Å². The number of amides is 1. The highest BCUT2D eigenvalue weighted by Gasteiger charge is 2.31. The number of anilines is 1. The molecule has 0 aliphatic carbocycles. The minimum Gasteiger partial charge on any atom is -0.324 e. The van der Waals surface area contributed by atoms with E-state index in [1.165, 1.54) is 18.2 Å². The van der Waals surface area contributed by atoms with Gasteiger partial charge < -0.3 is 5.32 Å². The van der Waals surface area contributed by atoms with Gasteiger partial charge in [-0.2, -0.15) is 18.2 Å². The van der Waals surface area contributed by atoms with E-state index in [0.717, 1.165) is 12.1 Å². The Morgan fingerprint density at radius 1 is 1.10 bits per heavy atom. The predicted octanol–water partition coefficient (Wildman–Crippen LogP) is 4.18. The maximum absolute atomic E-state index is 13.0. The molecule has 1 amide bonds. The minimum atomic E-state index is -4.51.